The summed E-state index contributed by atoms with van der Waals surface area (Å²) in [7, 11) is 0. The summed E-state index contributed by atoms with van der Waals surface area (Å²) in [5, 5.41) is 6.80. The molecular weight excluding hydrogens is 294 g/mol. The molecule has 6 heteroatoms. The van der Waals surface area contributed by atoms with Crippen LogP contribution in [0.2, 0.25) is 0 Å². The van der Waals surface area contributed by atoms with E-state index < -0.39 is 5.97 Å². The van der Waals surface area contributed by atoms with Crippen LogP contribution in [0.4, 0.5) is 0 Å². The second kappa shape index (κ2) is 7.27. The fourth-order valence-electron chi connectivity index (χ4n) is 2.07. The highest BCUT2D eigenvalue weighted by Gasteiger charge is 2.16. The standard InChI is InChI=1S/C17H17N3O3/c1-4-10-18-16(21)13-6-8-14(9-7-13)20-12(3)15(11-19-20)17(22)23-5-2/h1,6-9,11H,5,10H2,2-3H3,(H,18,21). The molecule has 0 saturated carbocycles. The van der Waals surface area contributed by atoms with E-state index in [0.717, 1.165) is 5.69 Å². The lowest BCUT2D eigenvalue weighted by atomic mass is 10.2. The molecule has 118 valence electrons. The Bertz CT molecular complexity index is 754. The lowest BCUT2D eigenvalue weighted by Crippen LogP contribution is -2.23. The van der Waals surface area contributed by atoms with E-state index in [1.165, 1.54) is 6.20 Å². The van der Waals surface area contributed by atoms with Crippen molar-refractivity contribution in [3.8, 4) is 18.0 Å². The van der Waals surface area contributed by atoms with Gasteiger partial charge < -0.3 is 10.1 Å². The Morgan fingerprint density at radius 1 is 1.35 bits per heavy atom. The lowest BCUT2D eigenvalue weighted by molar-refractivity contribution is 0.0525. The van der Waals surface area contributed by atoms with Gasteiger partial charge in [-0.2, -0.15) is 5.10 Å². The third kappa shape index (κ3) is 3.58. The average molecular weight is 311 g/mol. The number of nitrogens with zero attached hydrogens (tertiary/aromatic N) is 2. The Balaban J connectivity index is 2.22. The molecule has 1 amide bonds. The molecule has 2 aromatic rings. The van der Waals surface area contributed by atoms with Gasteiger partial charge in [0, 0.05) is 5.56 Å². The van der Waals surface area contributed by atoms with Gasteiger partial charge in [-0.3, -0.25) is 4.79 Å². The largest absolute Gasteiger partial charge is 0.462 e. The maximum atomic E-state index is 11.8. The number of rotatable bonds is 5. The summed E-state index contributed by atoms with van der Waals surface area (Å²) in [6, 6.07) is 6.85. The number of hydrogen-bond donors (Lipinski definition) is 1. The van der Waals surface area contributed by atoms with E-state index in [1.807, 2.05) is 0 Å². The fourth-order valence-corrected chi connectivity index (χ4v) is 2.07. The van der Waals surface area contributed by atoms with Gasteiger partial charge in [0.1, 0.15) is 5.56 Å². The van der Waals surface area contributed by atoms with Crippen LogP contribution in [0.5, 0.6) is 0 Å². The molecule has 0 spiro atoms. The minimum absolute atomic E-state index is 0.182. The van der Waals surface area contributed by atoms with Crippen LogP contribution in [0.3, 0.4) is 0 Å². The summed E-state index contributed by atoms with van der Waals surface area (Å²) in [5.74, 6) is 1.71. The van der Waals surface area contributed by atoms with Gasteiger partial charge in [0.2, 0.25) is 0 Å². The minimum Gasteiger partial charge on any atom is -0.462 e. The van der Waals surface area contributed by atoms with Gasteiger partial charge in [-0.25, -0.2) is 9.48 Å². The molecule has 0 radical (unpaired) electrons. The maximum absolute atomic E-state index is 11.8. The molecule has 23 heavy (non-hydrogen) atoms. The maximum Gasteiger partial charge on any atom is 0.341 e. The number of nitrogens with one attached hydrogen (secondary N) is 1. The fraction of sp³-hybridized carbons (Fsp3) is 0.235. The second-order valence-electron chi connectivity index (χ2n) is 4.71. The van der Waals surface area contributed by atoms with Crippen LogP contribution in [0.25, 0.3) is 5.69 Å². The Hall–Kier alpha value is -3.07. The monoisotopic (exact) mass is 311 g/mol. The van der Waals surface area contributed by atoms with Gasteiger partial charge >= 0.3 is 5.97 Å². The predicted molar refractivity (Wildman–Crippen MR) is 85.4 cm³/mol. The quantitative estimate of drug-likeness (QED) is 0.674. The van der Waals surface area contributed by atoms with E-state index in [-0.39, 0.29) is 12.5 Å². The van der Waals surface area contributed by atoms with E-state index in [2.05, 4.69) is 16.3 Å². The van der Waals surface area contributed by atoms with Crippen molar-refractivity contribution in [1.29, 1.82) is 0 Å². The summed E-state index contributed by atoms with van der Waals surface area (Å²) in [6.07, 6.45) is 6.58. The molecule has 1 heterocycles. The number of carbonyl (C=O) groups is 2. The van der Waals surface area contributed by atoms with Crippen LogP contribution in [-0.2, 0) is 4.74 Å². The highest BCUT2D eigenvalue weighted by Crippen LogP contribution is 2.16. The van der Waals surface area contributed by atoms with E-state index >= 15 is 0 Å². The molecule has 0 aliphatic carbocycles. The van der Waals surface area contributed by atoms with Crippen molar-refractivity contribution in [2.24, 2.45) is 0 Å². The molecule has 1 aromatic heterocycles. The smallest absolute Gasteiger partial charge is 0.341 e. The molecule has 1 aromatic carbocycles. The van der Waals surface area contributed by atoms with Crippen molar-refractivity contribution in [1.82, 2.24) is 15.1 Å². The van der Waals surface area contributed by atoms with Crippen LogP contribution in [0.15, 0.2) is 30.5 Å². The number of ether oxygens (including phenoxy) is 1. The van der Waals surface area contributed by atoms with E-state index in [0.29, 0.717) is 23.4 Å². The zero-order valence-electron chi connectivity index (χ0n) is 13.0. The highest BCUT2D eigenvalue weighted by molar-refractivity contribution is 5.94. The van der Waals surface area contributed by atoms with Crippen molar-refractivity contribution < 1.29 is 14.3 Å². The summed E-state index contributed by atoms with van der Waals surface area (Å²) in [6.45, 7) is 4.03. The third-order valence-corrected chi connectivity index (χ3v) is 3.23. The first-order valence-corrected chi connectivity index (χ1v) is 7.12. The van der Waals surface area contributed by atoms with Crippen LogP contribution in [-0.4, -0.2) is 34.8 Å². The average Bonchev–Trinajstić information content (AvgIpc) is 2.94. The molecule has 0 unspecified atom stereocenters. The van der Waals surface area contributed by atoms with Gasteiger partial charge in [0.05, 0.1) is 30.7 Å². The minimum atomic E-state index is -0.401. The van der Waals surface area contributed by atoms with E-state index in [9.17, 15) is 9.59 Å². The lowest BCUT2D eigenvalue weighted by Gasteiger charge is -2.07. The molecule has 0 aliphatic heterocycles. The van der Waals surface area contributed by atoms with Crippen LogP contribution < -0.4 is 5.32 Å². The van der Waals surface area contributed by atoms with Gasteiger partial charge in [-0.05, 0) is 38.1 Å². The number of terminal acetylenes is 1. The molecule has 2 rings (SSSR count). The van der Waals surface area contributed by atoms with Gasteiger partial charge in [0.25, 0.3) is 5.91 Å². The molecule has 0 saturated heterocycles. The summed E-state index contributed by atoms with van der Waals surface area (Å²) in [4.78, 5) is 23.6. The first-order chi connectivity index (χ1) is 11.1. The number of esters is 1. The van der Waals surface area contributed by atoms with E-state index in [4.69, 9.17) is 11.2 Å². The highest BCUT2D eigenvalue weighted by atomic mass is 16.5. The zero-order valence-corrected chi connectivity index (χ0v) is 13.0. The van der Waals surface area contributed by atoms with Crippen LogP contribution in [0.1, 0.15) is 33.3 Å². The number of benzene rings is 1. The number of amides is 1. The first-order valence-electron chi connectivity index (χ1n) is 7.12. The SMILES string of the molecule is C#CCNC(=O)c1ccc(-n2ncc(C(=O)OCC)c2C)cc1. The first kappa shape index (κ1) is 16.3. The summed E-state index contributed by atoms with van der Waals surface area (Å²) >= 11 is 0. The zero-order chi connectivity index (χ0) is 16.8. The van der Waals surface area contributed by atoms with Crippen molar-refractivity contribution >= 4 is 11.9 Å². The molecule has 0 fully saturated rings. The second-order valence-corrected chi connectivity index (χ2v) is 4.71. The number of hydrogen-bond acceptors (Lipinski definition) is 4. The molecular formula is C17H17N3O3. The molecule has 0 aliphatic rings. The van der Waals surface area contributed by atoms with Crippen molar-refractivity contribution in [2.45, 2.75) is 13.8 Å². The molecule has 1 N–H and O–H groups in total. The number of aromatic nitrogens is 2. The van der Waals surface area contributed by atoms with Crippen LogP contribution in [0, 0.1) is 19.3 Å². The van der Waals surface area contributed by atoms with Crippen molar-refractivity contribution in [3.05, 3.63) is 47.3 Å². The Kier molecular flexibility index (Phi) is 5.15. The molecule has 0 bridgehead atoms. The predicted octanol–water partition coefficient (Wildman–Crippen LogP) is 1.72. The Labute approximate surface area is 134 Å². The molecule has 0 atom stereocenters. The van der Waals surface area contributed by atoms with Crippen molar-refractivity contribution in [3.63, 3.8) is 0 Å². The molecule has 6 nitrogen and oxygen atoms in total. The van der Waals surface area contributed by atoms with Gasteiger partial charge in [-0.15, -0.1) is 6.42 Å². The normalized spacial score (nSPS) is 9.96. The summed E-state index contributed by atoms with van der Waals surface area (Å²) < 4.78 is 6.61. The van der Waals surface area contributed by atoms with Crippen LogP contribution >= 0.6 is 0 Å². The summed E-state index contributed by atoms with van der Waals surface area (Å²) in [5.41, 5.74) is 2.33. The number of carbonyl (C=O) groups excluding carboxylic acids is 2. The van der Waals surface area contributed by atoms with Crippen molar-refractivity contribution in [2.75, 3.05) is 13.2 Å². The topological polar surface area (TPSA) is 73.2 Å². The Morgan fingerprint density at radius 2 is 2.04 bits per heavy atom. The van der Waals surface area contributed by atoms with Gasteiger partial charge in [0.15, 0.2) is 0 Å². The third-order valence-electron chi connectivity index (χ3n) is 3.23. The van der Waals surface area contributed by atoms with E-state index in [1.54, 1.807) is 42.8 Å². The Morgan fingerprint density at radius 3 is 2.65 bits per heavy atom. The van der Waals surface area contributed by atoms with Gasteiger partial charge in [-0.1, -0.05) is 5.92 Å².